The lowest BCUT2D eigenvalue weighted by molar-refractivity contribution is -0.119. The van der Waals surface area contributed by atoms with Gasteiger partial charge in [-0.3, -0.25) is 14.0 Å². The SMILES string of the molecule is CCCn1c(=NC(=O)C2CC2)c(C(=O)OCC)cc2c(=O)n3ccccc3nc21. The molecule has 0 N–H and O–H groups in total. The Balaban J connectivity index is 2.13. The van der Waals surface area contributed by atoms with Crippen molar-refractivity contribution >= 4 is 28.6 Å². The molecule has 0 atom stereocenters. The lowest BCUT2D eigenvalue weighted by atomic mass is 10.2. The van der Waals surface area contributed by atoms with Crippen LogP contribution < -0.4 is 11.0 Å². The maximum absolute atomic E-state index is 13.1. The fraction of sp³-hybridized carbons (Fsp3) is 0.381. The van der Waals surface area contributed by atoms with Crippen molar-refractivity contribution in [3.63, 3.8) is 0 Å². The number of pyridine rings is 2. The van der Waals surface area contributed by atoms with Crippen molar-refractivity contribution in [2.45, 2.75) is 39.7 Å². The second kappa shape index (κ2) is 7.62. The summed E-state index contributed by atoms with van der Waals surface area (Å²) in [6.45, 7) is 4.30. The summed E-state index contributed by atoms with van der Waals surface area (Å²) >= 11 is 0. The molecular formula is C21H22N4O4. The van der Waals surface area contributed by atoms with Crippen molar-refractivity contribution in [3.8, 4) is 0 Å². The highest BCUT2D eigenvalue weighted by Gasteiger charge is 2.30. The molecule has 29 heavy (non-hydrogen) atoms. The quantitative estimate of drug-likeness (QED) is 0.488. The highest BCUT2D eigenvalue weighted by molar-refractivity contribution is 5.94. The topological polar surface area (TPSA) is 95.0 Å². The van der Waals surface area contributed by atoms with Crippen LogP contribution in [0, 0.1) is 5.92 Å². The molecule has 0 radical (unpaired) electrons. The van der Waals surface area contributed by atoms with E-state index in [1.54, 1.807) is 35.9 Å². The van der Waals surface area contributed by atoms with Gasteiger partial charge < -0.3 is 9.30 Å². The summed E-state index contributed by atoms with van der Waals surface area (Å²) < 4.78 is 8.30. The minimum absolute atomic E-state index is 0.0917. The van der Waals surface area contributed by atoms with Crippen LogP contribution in [0.25, 0.3) is 16.7 Å². The van der Waals surface area contributed by atoms with E-state index in [0.29, 0.717) is 24.3 Å². The van der Waals surface area contributed by atoms with Gasteiger partial charge in [0.15, 0.2) is 5.49 Å². The van der Waals surface area contributed by atoms with E-state index in [1.165, 1.54) is 10.5 Å². The summed E-state index contributed by atoms with van der Waals surface area (Å²) in [5.41, 5.74) is 0.913. The van der Waals surface area contributed by atoms with Gasteiger partial charge in [-0.25, -0.2) is 9.78 Å². The first-order chi connectivity index (χ1) is 14.0. The molecule has 0 aliphatic heterocycles. The Morgan fingerprint density at radius 3 is 2.76 bits per heavy atom. The molecule has 0 aromatic carbocycles. The molecule has 1 amide bonds. The third-order valence-corrected chi connectivity index (χ3v) is 4.88. The minimum Gasteiger partial charge on any atom is -0.462 e. The van der Waals surface area contributed by atoms with Crippen molar-refractivity contribution in [1.82, 2.24) is 14.0 Å². The molecule has 3 heterocycles. The number of amides is 1. The number of hydrogen-bond donors (Lipinski definition) is 0. The summed E-state index contributed by atoms with van der Waals surface area (Å²) in [7, 11) is 0. The molecule has 3 aromatic heterocycles. The van der Waals surface area contributed by atoms with E-state index in [4.69, 9.17) is 4.74 Å². The smallest absolute Gasteiger partial charge is 0.341 e. The number of fused-ring (bicyclic) bond motifs is 2. The summed E-state index contributed by atoms with van der Waals surface area (Å²) in [5, 5.41) is 0.281. The average molecular weight is 394 g/mol. The van der Waals surface area contributed by atoms with Crippen molar-refractivity contribution < 1.29 is 14.3 Å². The van der Waals surface area contributed by atoms with Gasteiger partial charge in [0.25, 0.3) is 11.5 Å². The molecule has 0 saturated heterocycles. The predicted molar refractivity (Wildman–Crippen MR) is 106 cm³/mol. The summed E-state index contributed by atoms with van der Waals surface area (Å²) in [6.07, 6.45) is 3.96. The van der Waals surface area contributed by atoms with Crippen LogP contribution in [-0.2, 0) is 16.1 Å². The third-order valence-electron chi connectivity index (χ3n) is 4.88. The van der Waals surface area contributed by atoms with Crippen LogP contribution in [-0.4, -0.2) is 32.4 Å². The van der Waals surface area contributed by atoms with Crippen molar-refractivity contribution in [2.75, 3.05) is 6.61 Å². The van der Waals surface area contributed by atoms with E-state index >= 15 is 0 Å². The van der Waals surface area contributed by atoms with Crippen molar-refractivity contribution in [3.05, 3.63) is 51.9 Å². The van der Waals surface area contributed by atoms with Gasteiger partial charge in [0, 0.05) is 18.7 Å². The van der Waals surface area contributed by atoms with Crippen LogP contribution in [0.1, 0.15) is 43.5 Å². The van der Waals surface area contributed by atoms with Gasteiger partial charge in [-0.2, -0.15) is 4.99 Å². The normalized spacial score (nSPS) is 14.5. The van der Waals surface area contributed by atoms with Crippen LogP contribution >= 0.6 is 0 Å². The zero-order chi connectivity index (χ0) is 20.5. The Bertz CT molecular complexity index is 1250. The average Bonchev–Trinajstić information content (AvgIpc) is 3.55. The fourth-order valence-corrected chi connectivity index (χ4v) is 3.32. The predicted octanol–water partition coefficient (Wildman–Crippen LogP) is 2.07. The molecular weight excluding hydrogens is 372 g/mol. The largest absolute Gasteiger partial charge is 0.462 e. The number of aryl methyl sites for hydroxylation is 1. The molecule has 1 saturated carbocycles. The Hall–Kier alpha value is -3.29. The summed E-state index contributed by atoms with van der Waals surface area (Å²) in [6, 6.07) is 6.73. The molecule has 1 aliphatic rings. The standard InChI is InChI=1S/C21H22N4O4/c1-3-10-25-17-14(20(27)24-11-6-5-7-16(24)22-17)12-15(21(28)29-4-2)18(25)23-19(26)13-8-9-13/h5-7,11-13H,3-4,8-10H2,1-2H3. The number of esters is 1. The number of hydrogen-bond acceptors (Lipinski definition) is 5. The van der Waals surface area contributed by atoms with Gasteiger partial charge in [0.1, 0.15) is 16.9 Å². The molecule has 8 heteroatoms. The molecule has 3 aromatic rings. The number of carbonyl (C=O) groups is 2. The van der Waals surface area contributed by atoms with Gasteiger partial charge in [-0.15, -0.1) is 0 Å². The zero-order valence-electron chi connectivity index (χ0n) is 16.4. The fourth-order valence-electron chi connectivity index (χ4n) is 3.32. The third kappa shape index (κ3) is 3.46. The number of ether oxygens (including phenoxy) is 1. The van der Waals surface area contributed by atoms with E-state index in [0.717, 1.165) is 12.8 Å². The van der Waals surface area contributed by atoms with E-state index in [1.807, 2.05) is 6.92 Å². The van der Waals surface area contributed by atoms with Crippen molar-refractivity contribution in [2.24, 2.45) is 10.9 Å². The monoisotopic (exact) mass is 394 g/mol. The van der Waals surface area contributed by atoms with Gasteiger partial charge in [0.05, 0.1) is 12.0 Å². The Labute approximate surface area is 166 Å². The molecule has 4 rings (SSSR count). The van der Waals surface area contributed by atoms with Gasteiger partial charge in [-0.1, -0.05) is 13.0 Å². The van der Waals surface area contributed by atoms with E-state index in [9.17, 15) is 14.4 Å². The zero-order valence-corrected chi connectivity index (χ0v) is 16.4. The van der Waals surface area contributed by atoms with Crippen LogP contribution in [0.5, 0.6) is 0 Å². The molecule has 0 spiro atoms. The maximum atomic E-state index is 13.1. The van der Waals surface area contributed by atoms with Crippen LogP contribution in [0.15, 0.2) is 40.2 Å². The molecule has 8 nitrogen and oxygen atoms in total. The second-order valence-electron chi connectivity index (χ2n) is 7.06. The number of carbonyl (C=O) groups excluding carboxylic acids is 2. The molecule has 1 aliphatic carbocycles. The molecule has 0 bridgehead atoms. The van der Waals surface area contributed by atoms with E-state index in [2.05, 4.69) is 9.98 Å². The Kier molecular flexibility index (Phi) is 5.00. The molecule has 1 fully saturated rings. The maximum Gasteiger partial charge on any atom is 0.341 e. The van der Waals surface area contributed by atoms with Crippen LogP contribution in [0.4, 0.5) is 0 Å². The Morgan fingerprint density at radius 1 is 1.28 bits per heavy atom. The first-order valence-electron chi connectivity index (χ1n) is 9.85. The first-order valence-corrected chi connectivity index (χ1v) is 9.85. The number of nitrogens with zero attached hydrogens (tertiary/aromatic N) is 4. The highest BCUT2D eigenvalue weighted by Crippen LogP contribution is 2.30. The Morgan fingerprint density at radius 2 is 2.07 bits per heavy atom. The highest BCUT2D eigenvalue weighted by atomic mass is 16.5. The summed E-state index contributed by atoms with van der Waals surface area (Å²) in [4.78, 5) is 47.1. The summed E-state index contributed by atoms with van der Waals surface area (Å²) in [5.74, 6) is -0.956. The second-order valence-corrected chi connectivity index (χ2v) is 7.06. The number of aromatic nitrogens is 3. The van der Waals surface area contributed by atoms with Gasteiger partial charge in [0.2, 0.25) is 0 Å². The lowest BCUT2D eigenvalue weighted by Gasteiger charge is -2.14. The van der Waals surface area contributed by atoms with E-state index < -0.39 is 5.97 Å². The van der Waals surface area contributed by atoms with Gasteiger partial charge >= 0.3 is 5.97 Å². The minimum atomic E-state index is -0.612. The van der Waals surface area contributed by atoms with Crippen LogP contribution in [0.2, 0.25) is 0 Å². The first kappa shape index (κ1) is 19.0. The van der Waals surface area contributed by atoms with Crippen LogP contribution in [0.3, 0.4) is 0 Å². The molecule has 0 unspecified atom stereocenters. The van der Waals surface area contributed by atoms with E-state index in [-0.39, 0.29) is 40.4 Å². The number of rotatable bonds is 5. The molecule has 150 valence electrons. The lowest BCUT2D eigenvalue weighted by Crippen LogP contribution is -2.33. The van der Waals surface area contributed by atoms with Gasteiger partial charge in [-0.05, 0) is 44.4 Å². The van der Waals surface area contributed by atoms with Crippen molar-refractivity contribution in [1.29, 1.82) is 0 Å².